The van der Waals surface area contributed by atoms with Crippen LogP contribution >= 0.6 is 11.3 Å². The Kier molecular flexibility index (Phi) is 3.35. The van der Waals surface area contributed by atoms with E-state index in [1.165, 1.54) is 11.3 Å². The molecule has 0 radical (unpaired) electrons. The first-order chi connectivity index (χ1) is 8.06. The van der Waals surface area contributed by atoms with Crippen LogP contribution in [-0.2, 0) is 5.54 Å². The van der Waals surface area contributed by atoms with Gasteiger partial charge in [-0.3, -0.25) is 0 Å². The van der Waals surface area contributed by atoms with Crippen molar-refractivity contribution in [3.05, 3.63) is 40.6 Å². The third kappa shape index (κ3) is 2.28. The minimum absolute atomic E-state index is 0.0687. The number of hydrogen-bond donors (Lipinski definition) is 1. The lowest BCUT2D eigenvalue weighted by Gasteiger charge is -2.27. The predicted molar refractivity (Wildman–Crippen MR) is 72.4 cm³/mol. The quantitative estimate of drug-likeness (QED) is 0.902. The fourth-order valence-electron chi connectivity index (χ4n) is 1.90. The van der Waals surface area contributed by atoms with Crippen molar-refractivity contribution in [1.82, 2.24) is 14.9 Å². The second kappa shape index (κ2) is 4.63. The van der Waals surface area contributed by atoms with Gasteiger partial charge in [-0.2, -0.15) is 11.3 Å². The molecular weight excluding hydrogens is 230 g/mol. The molecule has 1 unspecified atom stereocenters. The van der Waals surface area contributed by atoms with Crippen LogP contribution in [0.15, 0.2) is 29.4 Å². The van der Waals surface area contributed by atoms with Crippen LogP contribution in [0.1, 0.15) is 38.1 Å². The molecule has 0 fully saturated rings. The van der Waals surface area contributed by atoms with E-state index in [0.717, 1.165) is 0 Å². The summed E-state index contributed by atoms with van der Waals surface area (Å²) in [5, 5.41) is 7.64. The van der Waals surface area contributed by atoms with Crippen molar-refractivity contribution in [1.29, 1.82) is 0 Å². The summed E-state index contributed by atoms with van der Waals surface area (Å²) in [7, 11) is 1.98. The molecule has 0 bridgehead atoms. The molecule has 0 saturated carbocycles. The van der Waals surface area contributed by atoms with Crippen molar-refractivity contribution in [2.24, 2.45) is 0 Å². The third-order valence-electron chi connectivity index (χ3n) is 3.37. The number of imidazole rings is 1. The number of aromatic nitrogens is 2. The lowest BCUT2D eigenvalue weighted by atomic mass is 10.0. The largest absolute Gasteiger partial charge is 0.326 e. The molecule has 0 spiro atoms. The van der Waals surface area contributed by atoms with Crippen molar-refractivity contribution in [3.63, 3.8) is 0 Å². The Hall–Kier alpha value is -1.13. The molecule has 0 aliphatic carbocycles. The van der Waals surface area contributed by atoms with Gasteiger partial charge in [0.2, 0.25) is 0 Å². The molecule has 2 aromatic rings. The van der Waals surface area contributed by atoms with E-state index in [0.29, 0.717) is 6.04 Å². The fraction of sp³-hybridized carbons (Fsp3) is 0.462. The summed E-state index contributed by atoms with van der Waals surface area (Å²) < 4.78 is 2.23. The van der Waals surface area contributed by atoms with E-state index in [9.17, 15) is 0 Å². The molecule has 2 aromatic heterocycles. The minimum atomic E-state index is -0.0687. The van der Waals surface area contributed by atoms with Gasteiger partial charge in [0.05, 0.1) is 29.8 Å². The second-order valence-corrected chi connectivity index (χ2v) is 5.57. The zero-order chi connectivity index (χ0) is 12.5. The number of thiophene rings is 1. The van der Waals surface area contributed by atoms with Gasteiger partial charge in [-0.15, -0.1) is 0 Å². The first-order valence-corrected chi connectivity index (χ1v) is 6.74. The molecule has 1 N–H and O–H groups in total. The monoisotopic (exact) mass is 249 g/mol. The maximum Gasteiger partial charge on any atom is 0.0954 e. The molecule has 4 heteroatoms. The van der Waals surface area contributed by atoms with E-state index in [4.69, 9.17) is 0 Å². The molecular formula is C13H19N3S. The molecule has 3 nitrogen and oxygen atoms in total. The van der Waals surface area contributed by atoms with Gasteiger partial charge in [0, 0.05) is 0 Å². The van der Waals surface area contributed by atoms with Crippen LogP contribution in [0.5, 0.6) is 0 Å². The summed E-state index contributed by atoms with van der Waals surface area (Å²) in [6, 6.07) is 2.50. The van der Waals surface area contributed by atoms with E-state index in [-0.39, 0.29) is 5.54 Å². The van der Waals surface area contributed by atoms with Crippen LogP contribution in [-0.4, -0.2) is 16.6 Å². The summed E-state index contributed by atoms with van der Waals surface area (Å²) >= 11 is 1.73. The minimum Gasteiger partial charge on any atom is -0.326 e. The van der Waals surface area contributed by atoms with Gasteiger partial charge in [-0.1, -0.05) is 0 Å². The van der Waals surface area contributed by atoms with Crippen LogP contribution in [0.4, 0.5) is 0 Å². The van der Waals surface area contributed by atoms with E-state index in [1.807, 2.05) is 19.6 Å². The van der Waals surface area contributed by atoms with Crippen molar-refractivity contribution < 1.29 is 0 Å². The highest BCUT2D eigenvalue weighted by molar-refractivity contribution is 7.07. The van der Waals surface area contributed by atoms with Crippen molar-refractivity contribution in [2.75, 3.05) is 7.05 Å². The molecule has 2 heterocycles. The predicted octanol–water partition coefficient (Wildman–Crippen LogP) is 3.01. The van der Waals surface area contributed by atoms with Crippen molar-refractivity contribution in [2.45, 2.75) is 32.4 Å². The molecule has 2 rings (SSSR count). The first-order valence-electron chi connectivity index (χ1n) is 5.79. The Morgan fingerprint density at radius 3 is 2.82 bits per heavy atom. The van der Waals surface area contributed by atoms with Gasteiger partial charge in [-0.25, -0.2) is 4.98 Å². The lowest BCUT2D eigenvalue weighted by Crippen LogP contribution is -2.35. The number of hydrogen-bond acceptors (Lipinski definition) is 3. The molecule has 17 heavy (non-hydrogen) atoms. The van der Waals surface area contributed by atoms with E-state index >= 15 is 0 Å². The highest BCUT2D eigenvalue weighted by atomic mass is 32.1. The average molecular weight is 249 g/mol. The van der Waals surface area contributed by atoms with Crippen LogP contribution in [0, 0.1) is 0 Å². The van der Waals surface area contributed by atoms with Crippen LogP contribution in [0.25, 0.3) is 0 Å². The van der Waals surface area contributed by atoms with E-state index < -0.39 is 0 Å². The molecule has 1 atom stereocenters. The molecule has 0 amide bonds. The van der Waals surface area contributed by atoms with Gasteiger partial charge in [0.15, 0.2) is 0 Å². The van der Waals surface area contributed by atoms with Gasteiger partial charge < -0.3 is 9.88 Å². The van der Waals surface area contributed by atoms with Gasteiger partial charge in [0.25, 0.3) is 0 Å². The number of nitrogens with one attached hydrogen (secondary N) is 1. The highest BCUT2D eigenvalue weighted by Gasteiger charge is 2.24. The van der Waals surface area contributed by atoms with Gasteiger partial charge in [-0.05, 0) is 50.2 Å². The van der Waals surface area contributed by atoms with Crippen molar-refractivity contribution >= 4 is 11.3 Å². The second-order valence-electron chi connectivity index (χ2n) is 4.79. The van der Waals surface area contributed by atoms with Crippen LogP contribution in [0.3, 0.4) is 0 Å². The summed E-state index contributed by atoms with van der Waals surface area (Å²) in [6.07, 6.45) is 3.86. The number of rotatable bonds is 4. The van der Waals surface area contributed by atoms with Crippen LogP contribution in [0.2, 0.25) is 0 Å². The zero-order valence-electron chi connectivity index (χ0n) is 10.8. The molecule has 0 saturated heterocycles. The molecule has 0 aliphatic heterocycles. The summed E-state index contributed by atoms with van der Waals surface area (Å²) in [6.45, 7) is 6.54. The highest BCUT2D eigenvalue weighted by Crippen LogP contribution is 2.26. The Balaban J connectivity index is 2.38. The zero-order valence-corrected chi connectivity index (χ0v) is 11.6. The van der Waals surface area contributed by atoms with E-state index in [2.05, 4.69) is 52.5 Å². The van der Waals surface area contributed by atoms with Crippen molar-refractivity contribution in [3.8, 4) is 0 Å². The maximum atomic E-state index is 4.29. The van der Waals surface area contributed by atoms with E-state index in [1.54, 1.807) is 11.3 Å². The average Bonchev–Trinajstić information content (AvgIpc) is 2.99. The normalized spacial score (nSPS) is 13.9. The molecule has 0 aromatic carbocycles. The SMILES string of the molecule is CNC(C)(C)c1cncn1C(C)c1ccsc1. The smallest absolute Gasteiger partial charge is 0.0954 e. The number of nitrogens with zero attached hydrogens (tertiary/aromatic N) is 2. The van der Waals surface area contributed by atoms with Gasteiger partial charge in [0.1, 0.15) is 0 Å². The third-order valence-corrected chi connectivity index (χ3v) is 4.08. The Morgan fingerprint density at radius 1 is 1.47 bits per heavy atom. The Labute approximate surface area is 107 Å². The molecule has 0 aliphatic rings. The lowest BCUT2D eigenvalue weighted by molar-refractivity contribution is 0.402. The summed E-state index contributed by atoms with van der Waals surface area (Å²) in [4.78, 5) is 4.29. The molecule has 92 valence electrons. The standard InChI is InChI=1S/C13H19N3S/c1-10(11-5-6-17-8-11)16-9-15-7-12(16)13(2,3)14-4/h5-10,14H,1-4H3. The first kappa shape index (κ1) is 12.3. The van der Waals surface area contributed by atoms with Crippen LogP contribution < -0.4 is 5.32 Å². The Bertz CT molecular complexity index is 471. The summed E-state index contributed by atoms with van der Waals surface area (Å²) in [5.74, 6) is 0. The maximum absolute atomic E-state index is 4.29. The topological polar surface area (TPSA) is 29.9 Å². The Morgan fingerprint density at radius 2 is 2.24 bits per heavy atom. The van der Waals surface area contributed by atoms with Gasteiger partial charge >= 0.3 is 0 Å². The summed E-state index contributed by atoms with van der Waals surface area (Å²) in [5.41, 5.74) is 2.47. The fourth-order valence-corrected chi connectivity index (χ4v) is 2.65.